The number of amides is 1. The number of para-hydroxylation sites is 1. The van der Waals surface area contributed by atoms with Gasteiger partial charge in [0.1, 0.15) is 0 Å². The minimum absolute atomic E-state index is 0.0160. The molecule has 6 heteroatoms. The van der Waals surface area contributed by atoms with Crippen LogP contribution in [0.4, 0.5) is 5.95 Å². The lowest BCUT2D eigenvalue weighted by Gasteiger charge is -2.36. The summed E-state index contributed by atoms with van der Waals surface area (Å²) >= 11 is 0. The number of fused-ring (bicyclic) bond motifs is 1. The molecule has 1 aliphatic rings. The molecule has 1 aromatic carbocycles. The van der Waals surface area contributed by atoms with Crippen molar-refractivity contribution in [3.8, 4) is 0 Å². The summed E-state index contributed by atoms with van der Waals surface area (Å²) in [5, 5.41) is 10.6. The predicted octanol–water partition coefficient (Wildman–Crippen LogP) is 2.55. The van der Waals surface area contributed by atoms with Gasteiger partial charge in [0.2, 0.25) is 11.9 Å². The second kappa shape index (κ2) is 7.13. The Labute approximate surface area is 142 Å². The third kappa shape index (κ3) is 3.48. The summed E-state index contributed by atoms with van der Waals surface area (Å²) in [7, 11) is 0. The van der Waals surface area contributed by atoms with Crippen molar-refractivity contribution in [2.24, 2.45) is 5.92 Å². The van der Waals surface area contributed by atoms with Gasteiger partial charge in [-0.3, -0.25) is 10.1 Å². The maximum absolute atomic E-state index is 12.4. The number of unbranched alkanes of at least 4 members (excludes halogenated alkanes) is 1. The van der Waals surface area contributed by atoms with Gasteiger partial charge in [-0.2, -0.15) is 0 Å². The van der Waals surface area contributed by atoms with Crippen LogP contribution in [-0.4, -0.2) is 28.2 Å². The van der Waals surface area contributed by atoms with Crippen molar-refractivity contribution in [3.63, 3.8) is 0 Å². The molecule has 2 aromatic rings. The number of anilines is 1. The van der Waals surface area contributed by atoms with E-state index in [1.807, 2.05) is 31.2 Å². The molecule has 0 bridgehead atoms. The normalized spacial score (nSPS) is 24.0. The van der Waals surface area contributed by atoms with E-state index in [9.17, 15) is 4.79 Å². The van der Waals surface area contributed by atoms with E-state index in [0.717, 1.165) is 35.9 Å². The molecule has 24 heavy (non-hydrogen) atoms. The molecule has 3 rings (SSSR count). The molecular weight excluding hydrogens is 302 g/mol. The average Bonchev–Trinajstić information content (AvgIpc) is 2.54. The number of nitrogens with zero attached hydrogens (tertiary/aromatic N) is 2. The Morgan fingerprint density at radius 3 is 2.79 bits per heavy atom. The van der Waals surface area contributed by atoms with Gasteiger partial charge in [-0.15, -0.1) is 0 Å². The fourth-order valence-electron chi connectivity index (χ4n) is 3.21. The zero-order valence-electron chi connectivity index (χ0n) is 14.5. The summed E-state index contributed by atoms with van der Waals surface area (Å²) < 4.78 is 0. The van der Waals surface area contributed by atoms with Crippen LogP contribution in [0, 0.1) is 12.8 Å². The molecule has 1 saturated heterocycles. The molecule has 1 aromatic heterocycles. The van der Waals surface area contributed by atoms with E-state index in [-0.39, 0.29) is 24.2 Å². The van der Waals surface area contributed by atoms with Gasteiger partial charge in [0.25, 0.3) is 0 Å². The fraction of sp³-hybridized carbons (Fsp3) is 0.500. The van der Waals surface area contributed by atoms with Gasteiger partial charge in [0.05, 0.1) is 17.1 Å². The summed E-state index contributed by atoms with van der Waals surface area (Å²) in [4.78, 5) is 21.4. The summed E-state index contributed by atoms with van der Waals surface area (Å²) in [6, 6.07) is 8.03. The quantitative estimate of drug-likeness (QED) is 0.786. The lowest BCUT2D eigenvalue weighted by molar-refractivity contribution is -0.129. The van der Waals surface area contributed by atoms with Crippen LogP contribution in [0.25, 0.3) is 10.9 Å². The van der Waals surface area contributed by atoms with Crippen molar-refractivity contribution in [2.75, 3.05) is 5.32 Å². The third-order valence-electron chi connectivity index (χ3n) is 4.59. The Balaban J connectivity index is 1.72. The van der Waals surface area contributed by atoms with Crippen LogP contribution >= 0.6 is 0 Å². The van der Waals surface area contributed by atoms with Crippen LogP contribution in [0.2, 0.25) is 0 Å². The van der Waals surface area contributed by atoms with Crippen molar-refractivity contribution in [1.29, 1.82) is 0 Å². The maximum Gasteiger partial charge on any atom is 0.227 e. The highest BCUT2D eigenvalue weighted by Gasteiger charge is 2.32. The first kappa shape index (κ1) is 16.6. The molecule has 3 atom stereocenters. The van der Waals surface area contributed by atoms with Crippen molar-refractivity contribution >= 4 is 22.8 Å². The molecule has 1 fully saturated rings. The first-order valence-corrected chi connectivity index (χ1v) is 8.65. The SMILES string of the molecule is CCCCC1C(=O)NC(Nc2nc(C)c3ccccc3n2)NC1C. The smallest absolute Gasteiger partial charge is 0.227 e. The Kier molecular flexibility index (Phi) is 4.94. The molecule has 0 saturated carbocycles. The molecule has 0 spiro atoms. The number of hydrogen-bond donors (Lipinski definition) is 3. The van der Waals surface area contributed by atoms with E-state index in [0.29, 0.717) is 5.95 Å². The minimum atomic E-state index is -0.356. The van der Waals surface area contributed by atoms with E-state index in [1.165, 1.54) is 0 Å². The van der Waals surface area contributed by atoms with Gasteiger partial charge in [-0.05, 0) is 26.3 Å². The Morgan fingerprint density at radius 1 is 1.25 bits per heavy atom. The Morgan fingerprint density at radius 2 is 2.04 bits per heavy atom. The number of benzene rings is 1. The number of aromatic nitrogens is 2. The second-order valence-electron chi connectivity index (χ2n) is 6.44. The van der Waals surface area contributed by atoms with Crippen LogP contribution < -0.4 is 16.0 Å². The number of carbonyl (C=O) groups is 1. The van der Waals surface area contributed by atoms with Gasteiger partial charge in [0.15, 0.2) is 6.29 Å². The van der Waals surface area contributed by atoms with Crippen LogP contribution in [0.15, 0.2) is 24.3 Å². The average molecular weight is 327 g/mol. The third-order valence-corrected chi connectivity index (χ3v) is 4.59. The van der Waals surface area contributed by atoms with Gasteiger partial charge in [-0.1, -0.05) is 38.0 Å². The predicted molar refractivity (Wildman–Crippen MR) is 95.4 cm³/mol. The molecule has 2 heterocycles. The highest BCUT2D eigenvalue weighted by molar-refractivity contribution is 5.82. The molecule has 3 N–H and O–H groups in total. The maximum atomic E-state index is 12.4. The number of carbonyl (C=O) groups excluding carboxylic acids is 1. The zero-order valence-corrected chi connectivity index (χ0v) is 14.5. The van der Waals surface area contributed by atoms with Crippen molar-refractivity contribution in [3.05, 3.63) is 30.0 Å². The molecule has 6 nitrogen and oxygen atoms in total. The molecule has 1 aliphatic heterocycles. The van der Waals surface area contributed by atoms with Crippen LogP contribution in [-0.2, 0) is 4.79 Å². The largest absolute Gasteiger partial charge is 0.323 e. The van der Waals surface area contributed by atoms with Crippen molar-refractivity contribution in [2.45, 2.75) is 52.4 Å². The van der Waals surface area contributed by atoms with Gasteiger partial charge >= 0.3 is 0 Å². The number of rotatable bonds is 5. The van der Waals surface area contributed by atoms with Crippen LogP contribution in [0.3, 0.4) is 0 Å². The van der Waals surface area contributed by atoms with E-state index >= 15 is 0 Å². The zero-order chi connectivity index (χ0) is 17.1. The lowest BCUT2D eigenvalue weighted by Crippen LogP contribution is -2.63. The molecule has 0 aliphatic carbocycles. The highest BCUT2D eigenvalue weighted by atomic mass is 16.2. The van der Waals surface area contributed by atoms with Gasteiger partial charge < -0.3 is 10.6 Å². The molecule has 1 amide bonds. The first-order valence-electron chi connectivity index (χ1n) is 8.65. The molecule has 0 radical (unpaired) electrons. The van der Waals surface area contributed by atoms with E-state index in [2.05, 4.69) is 39.8 Å². The van der Waals surface area contributed by atoms with Crippen LogP contribution in [0.5, 0.6) is 0 Å². The Bertz CT molecular complexity index is 732. The second-order valence-corrected chi connectivity index (χ2v) is 6.44. The highest BCUT2D eigenvalue weighted by Crippen LogP contribution is 2.19. The Hall–Kier alpha value is -2.21. The summed E-state index contributed by atoms with van der Waals surface area (Å²) in [5.41, 5.74) is 1.81. The van der Waals surface area contributed by atoms with Crippen molar-refractivity contribution < 1.29 is 4.79 Å². The lowest BCUT2D eigenvalue weighted by atomic mass is 9.92. The standard InChI is InChI=1S/C18H25N5O/c1-4-5-8-14-12(3)20-18(22-16(14)24)23-17-19-11(2)13-9-6-7-10-15(13)21-17/h6-7,9-10,12,14,18,20H,4-5,8H2,1-3H3,(H,22,24)(H,19,21,23). The summed E-state index contributed by atoms with van der Waals surface area (Å²) in [5.74, 6) is 0.621. The van der Waals surface area contributed by atoms with Crippen molar-refractivity contribution in [1.82, 2.24) is 20.6 Å². The molecule has 3 unspecified atom stereocenters. The summed E-state index contributed by atoms with van der Waals surface area (Å²) in [6.45, 7) is 6.16. The molecule has 128 valence electrons. The van der Waals surface area contributed by atoms with E-state index in [4.69, 9.17) is 0 Å². The number of aryl methyl sites for hydroxylation is 1. The van der Waals surface area contributed by atoms with Crippen LogP contribution in [0.1, 0.15) is 38.8 Å². The van der Waals surface area contributed by atoms with E-state index in [1.54, 1.807) is 0 Å². The van der Waals surface area contributed by atoms with Gasteiger partial charge in [0, 0.05) is 11.4 Å². The number of nitrogens with one attached hydrogen (secondary N) is 3. The first-order chi connectivity index (χ1) is 11.6. The number of hydrogen-bond acceptors (Lipinski definition) is 5. The van der Waals surface area contributed by atoms with Gasteiger partial charge in [-0.25, -0.2) is 9.97 Å². The topological polar surface area (TPSA) is 78.9 Å². The molecular formula is C18H25N5O. The fourth-order valence-corrected chi connectivity index (χ4v) is 3.21. The monoisotopic (exact) mass is 327 g/mol. The minimum Gasteiger partial charge on any atom is -0.323 e. The van der Waals surface area contributed by atoms with E-state index < -0.39 is 0 Å². The summed E-state index contributed by atoms with van der Waals surface area (Å²) in [6.07, 6.45) is 2.72.